The van der Waals surface area contributed by atoms with Crippen LogP contribution < -0.4 is 0 Å². The van der Waals surface area contributed by atoms with E-state index in [4.69, 9.17) is 4.43 Å². The molecule has 2 nitrogen and oxygen atoms in total. The Morgan fingerprint density at radius 3 is 2.24 bits per heavy atom. The lowest BCUT2D eigenvalue weighted by atomic mass is 10.1. The molecule has 21 heavy (non-hydrogen) atoms. The zero-order valence-corrected chi connectivity index (χ0v) is 15.2. The number of carbonyl (C=O) groups excluding carboxylic acids is 1. The lowest BCUT2D eigenvalue weighted by molar-refractivity contribution is 0.0978. The molecule has 0 fully saturated rings. The molecule has 0 radical (unpaired) electrons. The first-order valence-electron chi connectivity index (χ1n) is 7.96. The molecule has 0 aliphatic rings. The van der Waals surface area contributed by atoms with Crippen LogP contribution in [-0.2, 0) is 4.43 Å². The highest BCUT2D eigenvalue weighted by Crippen LogP contribution is 2.36. The van der Waals surface area contributed by atoms with Crippen LogP contribution in [0.4, 0.5) is 0 Å². The second kappa shape index (κ2) is 7.90. The molecule has 0 spiro atoms. The molecule has 0 aliphatic heterocycles. The average Bonchev–Trinajstić information content (AvgIpc) is 2.42. The Morgan fingerprint density at radius 2 is 1.67 bits per heavy atom. The number of benzene rings is 1. The van der Waals surface area contributed by atoms with E-state index < -0.39 is 8.32 Å². The van der Waals surface area contributed by atoms with E-state index in [0.717, 1.165) is 31.4 Å². The SMILES string of the molecule is CC(C)(C)[Si](C)(C)OCCCCCC(=O)c1ccccc1. The van der Waals surface area contributed by atoms with Crippen LogP contribution in [-0.4, -0.2) is 20.7 Å². The van der Waals surface area contributed by atoms with Gasteiger partial charge in [-0.2, -0.15) is 0 Å². The van der Waals surface area contributed by atoms with Gasteiger partial charge in [0.25, 0.3) is 0 Å². The molecule has 0 bridgehead atoms. The second-order valence-electron chi connectivity index (χ2n) is 7.21. The summed E-state index contributed by atoms with van der Waals surface area (Å²) in [6.45, 7) is 12.2. The number of hydrogen-bond acceptors (Lipinski definition) is 2. The molecule has 0 aliphatic carbocycles. The molecule has 1 aromatic carbocycles. The first kappa shape index (κ1) is 18.1. The van der Waals surface area contributed by atoms with Gasteiger partial charge in [0.05, 0.1) is 0 Å². The van der Waals surface area contributed by atoms with Gasteiger partial charge >= 0.3 is 0 Å². The number of ketones is 1. The van der Waals surface area contributed by atoms with Crippen molar-refractivity contribution in [2.24, 2.45) is 0 Å². The zero-order chi connectivity index (χ0) is 15.9. The maximum Gasteiger partial charge on any atom is 0.191 e. The van der Waals surface area contributed by atoms with E-state index in [9.17, 15) is 4.79 Å². The third-order valence-corrected chi connectivity index (χ3v) is 8.95. The van der Waals surface area contributed by atoms with Gasteiger partial charge in [0.15, 0.2) is 14.1 Å². The van der Waals surface area contributed by atoms with Crippen molar-refractivity contribution in [1.82, 2.24) is 0 Å². The van der Waals surface area contributed by atoms with Crippen molar-refractivity contribution in [3.63, 3.8) is 0 Å². The quantitative estimate of drug-likeness (QED) is 0.362. The van der Waals surface area contributed by atoms with Crippen LogP contribution in [0.3, 0.4) is 0 Å². The van der Waals surface area contributed by atoms with E-state index in [2.05, 4.69) is 33.9 Å². The largest absolute Gasteiger partial charge is 0.417 e. The Balaban J connectivity index is 2.17. The van der Waals surface area contributed by atoms with Gasteiger partial charge in [-0.05, 0) is 31.0 Å². The van der Waals surface area contributed by atoms with Crippen LogP contribution in [0.15, 0.2) is 30.3 Å². The highest BCUT2D eigenvalue weighted by molar-refractivity contribution is 6.74. The molecule has 118 valence electrons. The standard InChI is InChI=1S/C18H30O2Si/c1-18(2,3)21(4,5)20-15-11-7-10-14-17(19)16-12-8-6-9-13-16/h6,8-9,12-13H,7,10-11,14-15H2,1-5H3. The van der Waals surface area contributed by atoms with Crippen LogP contribution in [0, 0.1) is 0 Å². The monoisotopic (exact) mass is 306 g/mol. The number of rotatable bonds is 8. The van der Waals surface area contributed by atoms with Crippen LogP contribution in [0.1, 0.15) is 56.8 Å². The molecule has 0 unspecified atom stereocenters. The van der Waals surface area contributed by atoms with Crippen molar-refractivity contribution in [3.05, 3.63) is 35.9 Å². The summed E-state index contributed by atoms with van der Waals surface area (Å²) in [4.78, 5) is 11.9. The Kier molecular flexibility index (Phi) is 6.82. The maximum absolute atomic E-state index is 11.9. The van der Waals surface area contributed by atoms with E-state index in [-0.39, 0.29) is 10.8 Å². The first-order valence-corrected chi connectivity index (χ1v) is 10.9. The molecule has 3 heteroatoms. The van der Waals surface area contributed by atoms with Crippen molar-refractivity contribution in [2.75, 3.05) is 6.61 Å². The van der Waals surface area contributed by atoms with Gasteiger partial charge in [0, 0.05) is 18.6 Å². The van der Waals surface area contributed by atoms with Gasteiger partial charge < -0.3 is 4.43 Å². The topological polar surface area (TPSA) is 26.3 Å². The van der Waals surface area contributed by atoms with Crippen LogP contribution >= 0.6 is 0 Å². The van der Waals surface area contributed by atoms with E-state index in [0.29, 0.717) is 6.42 Å². The van der Waals surface area contributed by atoms with Crippen molar-refractivity contribution in [2.45, 2.75) is 64.6 Å². The van der Waals surface area contributed by atoms with Crippen molar-refractivity contribution >= 4 is 14.1 Å². The Morgan fingerprint density at radius 1 is 1.05 bits per heavy atom. The molecule has 0 saturated heterocycles. The Hall–Kier alpha value is -0.933. The van der Waals surface area contributed by atoms with Gasteiger partial charge in [-0.1, -0.05) is 57.5 Å². The minimum absolute atomic E-state index is 0.251. The number of unbranched alkanes of at least 4 members (excludes halogenated alkanes) is 2. The number of hydrogen-bond donors (Lipinski definition) is 0. The second-order valence-corrected chi connectivity index (χ2v) is 12.0. The van der Waals surface area contributed by atoms with Gasteiger partial charge in [-0.15, -0.1) is 0 Å². The zero-order valence-electron chi connectivity index (χ0n) is 14.2. The highest BCUT2D eigenvalue weighted by atomic mass is 28.4. The lowest BCUT2D eigenvalue weighted by Gasteiger charge is -2.36. The predicted octanol–water partition coefficient (Wildman–Crippen LogP) is 5.45. The molecule has 1 rings (SSSR count). The maximum atomic E-state index is 11.9. The third-order valence-electron chi connectivity index (χ3n) is 4.41. The van der Waals surface area contributed by atoms with Crippen molar-refractivity contribution in [1.29, 1.82) is 0 Å². The predicted molar refractivity (Wildman–Crippen MR) is 92.4 cm³/mol. The normalized spacial score (nSPS) is 12.4. The molecule has 0 aromatic heterocycles. The van der Waals surface area contributed by atoms with Gasteiger partial charge in [-0.25, -0.2) is 0 Å². The molecular formula is C18H30O2Si. The van der Waals surface area contributed by atoms with E-state index in [1.165, 1.54) is 0 Å². The first-order chi connectivity index (χ1) is 9.74. The fourth-order valence-electron chi connectivity index (χ4n) is 1.88. The number of Topliss-reactive ketones (excluding diaryl/α,β-unsaturated/α-hetero) is 1. The minimum atomic E-state index is -1.61. The van der Waals surface area contributed by atoms with Crippen LogP contribution in [0.2, 0.25) is 18.1 Å². The molecular weight excluding hydrogens is 276 g/mol. The smallest absolute Gasteiger partial charge is 0.191 e. The van der Waals surface area contributed by atoms with Gasteiger partial charge in [0.1, 0.15) is 0 Å². The minimum Gasteiger partial charge on any atom is -0.417 e. The molecule has 1 aromatic rings. The lowest BCUT2D eigenvalue weighted by Crippen LogP contribution is -2.40. The van der Waals surface area contributed by atoms with Gasteiger partial charge in [0.2, 0.25) is 0 Å². The van der Waals surface area contributed by atoms with Crippen molar-refractivity contribution < 1.29 is 9.22 Å². The van der Waals surface area contributed by atoms with Crippen LogP contribution in [0.5, 0.6) is 0 Å². The fraction of sp³-hybridized carbons (Fsp3) is 0.611. The summed E-state index contributed by atoms with van der Waals surface area (Å²) in [6, 6.07) is 9.56. The van der Waals surface area contributed by atoms with E-state index in [1.54, 1.807) is 0 Å². The summed E-state index contributed by atoms with van der Waals surface area (Å²) < 4.78 is 6.14. The average molecular weight is 307 g/mol. The molecule has 0 N–H and O–H groups in total. The Labute approximate surface area is 131 Å². The fourth-order valence-corrected chi connectivity index (χ4v) is 2.96. The summed E-state index contributed by atoms with van der Waals surface area (Å²) in [7, 11) is -1.61. The van der Waals surface area contributed by atoms with Crippen LogP contribution in [0.25, 0.3) is 0 Å². The van der Waals surface area contributed by atoms with Gasteiger partial charge in [-0.3, -0.25) is 4.79 Å². The highest BCUT2D eigenvalue weighted by Gasteiger charge is 2.36. The number of carbonyl (C=O) groups is 1. The molecule has 0 amide bonds. The molecule has 0 heterocycles. The summed E-state index contributed by atoms with van der Waals surface area (Å²) in [5, 5.41) is 0.274. The summed E-state index contributed by atoms with van der Waals surface area (Å²) >= 11 is 0. The summed E-state index contributed by atoms with van der Waals surface area (Å²) in [6.07, 6.45) is 3.71. The molecule has 0 atom stereocenters. The summed E-state index contributed by atoms with van der Waals surface area (Å²) in [5.41, 5.74) is 0.829. The van der Waals surface area contributed by atoms with E-state index in [1.807, 2.05) is 30.3 Å². The third kappa shape index (κ3) is 6.14. The van der Waals surface area contributed by atoms with Crippen molar-refractivity contribution in [3.8, 4) is 0 Å². The molecule has 0 saturated carbocycles. The summed E-state index contributed by atoms with van der Waals surface area (Å²) in [5.74, 6) is 0.251. The van der Waals surface area contributed by atoms with E-state index >= 15 is 0 Å². The Bertz CT molecular complexity index is 432.